The lowest BCUT2D eigenvalue weighted by Crippen LogP contribution is -2.27. The summed E-state index contributed by atoms with van der Waals surface area (Å²) in [6, 6.07) is 4.72. The standard InChI is InChI=1S/C16H17Cl2N3O2S/c1-16(2,3)21-14(11-7-24(23)8-13(11)20-21)19-15(22)10-5-4-9(17)6-12(10)18/h4-6H,7-8H2,1-3H3,(H,19,22)/t24-/m1/s1. The number of carbonyl (C=O) groups excluding carboxylic acids is 1. The molecule has 1 aliphatic rings. The fourth-order valence-corrected chi connectivity index (χ4v) is 4.35. The molecule has 0 radical (unpaired) electrons. The highest BCUT2D eigenvalue weighted by Gasteiger charge is 2.31. The number of aromatic nitrogens is 2. The molecule has 0 aliphatic carbocycles. The number of hydrogen-bond donors (Lipinski definition) is 1. The molecule has 0 bridgehead atoms. The summed E-state index contributed by atoms with van der Waals surface area (Å²) in [4.78, 5) is 12.6. The minimum atomic E-state index is -0.971. The molecule has 8 heteroatoms. The van der Waals surface area contributed by atoms with Crippen molar-refractivity contribution in [2.24, 2.45) is 0 Å². The monoisotopic (exact) mass is 385 g/mol. The van der Waals surface area contributed by atoms with Crippen LogP contribution in [-0.4, -0.2) is 19.9 Å². The van der Waals surface area contributed by atoms with Gasteiger partial charge in [-0.2, -0.15) is 5.10 Å². The summed E-state index contributed by atoms with van der Waals surface area (Å²) in [5, 5.41) is 8.19. The van der Waals surface area contributed by atoms with E-state index in [0.717, 1.165) is 11.3 Å². The first-order valence-electron chi connectivity index (χ1n) is 7.39. The molecule has 24 heavy (non-hydrogen) atoms. The molecule has 0 fully saturated rings. The Labute approximate surface area is 152 Å². The van der Waals surface area contributed by atoms with Gasteiger partial charge in [0, 0.05) is 21.4 Å². The van der Waals surface area contributed by atoms with Crippen LogP contribution >= 0.6 is 23.2 Å². The van der Waals surface area contributed by atoms with Crippen molar-refractivity contribution in [1.29, 1.82) is 0 Å². The van der Waals surface area contributed by atoms with E-state index in [1.54, 1.807) is 16.8 Å². The van der Waals surface area contributed by atoms with Gasteiger partial charge in [-0.15, -0.1) is 0 Å². The molecule has 128 valence electrons. The molecule has 2 heterocycles. The van der Waals surface area contributed by atoms with Crippen LogP contribution in [0.1, 0.15) is 42.4 Å². The van der Waals surface area contributed by atoms with Crippen molar-refractivity contribution in [1.82, 2.24) is 9.78 Å². The summed E-state index contributed by atoms with van der Waals surface area (Å²) >= 11 is 12.0. The van der Waals surface area contributed by atoms with Crippen molar-refractivity contribution in [3.8, 4) is 0 Å². The molecule has 0 unspecified atom stereocenters. The Kier molecular flexibility index (Phi) is 4.49. The van der Waals surface area contributed by atoms with E-state index in [9.17, 15) is 9.00 Å². The second-order valence-electron chi connectivity index (χ2n) is 6.66. The fourth-order valence-electron chi connectivity index (χ4n) is 2.59. The largest absolute Gasteiger partial charge is 0.306 e. The van der Waals surface area contributed by atoms with Crippen molar-refractivity contribution in [3.05, 3.63) is 45.1 Å². The van der Waals surface area contributed by atoms with Gasteiger partial charge in [-0.25, -0.2) is 4.68 Å². The zero-order valence-corrected chi connectivity index (χ0v) is 15.8. The Morgan fingerprint density at radius 1 is 1.29 bits per heavy atom. The Balaban J connectivity index is 2.00. The van der Waals surface area contributed by atoms with E-state index in [1.165, 1.54) is 6.07 Å². The van der Waals surface area contributed by atoms with Crippen LogP contribution in [0, 0.1) is 0 Å². The van der Waals surface area contributed by atoms with Crippen molar-refractivity contribution in [2.75, 3.05) is 5.32 Å². The number of hydrogen-bond acceptors (Lipinski definition) is 3. The number of anilines is 1. The number of rotatable bonds is 2. The van der Waals surface area contributed by atoms with Crippen LogP contribution in [0.3, 0.4) is 0 Å². The first kappa shape index (κ1) is 17.5. The topological polar surface area (TPSA) is 64.0 Å². The van der Waals surface area contributed by atoms with E-state index in [2.05, 4.69) is 10.4 Å². The summed E-state index contributed by atoms with van der Waals surface area (Å²) in [7, 11) is -0.971. The molecule has 1 aromatic heterocycles. The van der Waals surface area contributed by atoms with E-state index < -0.39 is 10.8 Å². The summed E-state index contributed by atoms with van der Waals surface area (Å²) < 4.78 is 13.6. The molecule has 2 aromatic rings. The number of amides is 1. The third-order valence-electron chi connectivity index (χ3n) is 3.71. The van der Waals surface area contributed by atoms with Crippen molar-refractivity contribution < 1.29 is 9.00 Å². The SMILES string of the molecule is CC(C)(C)n1nc2c(c1NC(=O)c1ccc(Cl)cc1Cl)C[S@@](=O)C2. The van der Waals surface area contributed by atoms with Crippen LogP contribution in [0.5, 0.6) is 0 Å². The minimum Gasteiger partial charge on any atom is -0.306 e. The van der Waals surface area contributed by atoms with Gasteiger partial charge >= 0.3 is 0 Å². The van der Waals surface area contributed by atoms with Gasteiger partial charge in [-0.1, -0.05) is 23.2 Å². The molecule has 0 saturated carbocycles. The molecule has 1 atom stereocenters. The zero-order chi connectivity index (χ0) is 17.6. The first-order valence-corrected chi connectivity index (χ1v) is 9.64. The Hall–Kier alpha value is -1.37. The molecule has 0 saturated heterocycles. The van der Waals surface area contributed by atoms with Crippen LogP contribution in [0.25, 0.3) is 0 Å². The smallest absolute Gasteiger partial charge is 0.258 e. The van der Waals surface area contributed by atoms with Crippen molar-refractivity contribution >= 4 is 45.7 Å². The maximum Gasteiger partial charge on any atom is 0.258 e. The highest BCUT2D eigenvalue weighted by molar-refractivity contribution is 7.83. The van der Waals surface area contributed by atoms with Gasteiger partial charge in [-0.05, 0) is 39.0 Å². The minimum absolute atomic E-state index is 0.280. The number of nitrogens with one attached hydrogen (secondary N) is 1. The van der Waals surface area contributed by atoms with Gasteiger partial charge in [0.25, 0.3) is 5.91 Å². The van der Waals surface area contributed by atoms with Gasteiger partial charge in [-0.3, -0.25) is 9.00 Å². The van der Waals surface area contributed by atoms with E-state index >= 15 is 0 Å². The van der Waals surface area contributed by atoms with E-state index in [-0.39, 0.29) is 16.5 Å². The highest BCUT2D eigenvalue weighted by Crippen LogP contribution is 2.33. The maximum absolute atomic E-state index is 12.6. The van der Waals surface area contributed by atoms with Crippen LogP contribution in [0.2, 0.25) is 10.0 Å². The lowest BCUT2D eigenvalue weighted by atomic mass is 10.1. The van der Waals surface area contributed by atoms with Gasteiger partial charge < -0.3 is 5.32 Å². The highest BCUT2D eigenvalue weighted by atomic mass is 35.5. The van der Waals surface area contributed by atoms with Crippen LogP contribution in [0.15, 0.2) is 18.2 Å². The predicted octanol–water partition coefficient (Wildman–Crippen LogP) is 3.96. The average Bonchev–Trinajstić information content (AvgIpc) is 2.96. The van der Waals surface area contributed by atoms with Crippen LogP contribution < -0.4 is 5.32 Å². The first-order chi connectivity index (χ1) is 11.2. The predicted molar refractivity (Wildman–Crippen MR) is 97.2 cm³/mol. The van der Waals surface area contributed by atoms with Gasteiger partial charge in [0.15, 0.2) is 0 Å². The summed E-state index contributed by atoms with van der Waals surface area (Å²) in [6.07, 6.45) is 0. The summed E-state index contributed by atoms with van der Waals surface area (Å²) in [5.74, 6) is 1.06. The molecule has 0 spiro atoms. The molecular weight excluding hydrogens is 369 g/mol. The third-order valence-corrected chi connectivity index (χ3v) is 5.47. The molecule has 1 N–H and O–H groups in total. The summed E-state index contributed by atoms with van der Waals surface area (Å²) in [5.41, 5.74) is 1.62. The Morgan fingerprint density at radius 3 is 2.62 bits per heavy atom. The lowest BCUT2D eigenvalue weighted by Gasteiger charge is -2.23. The molecule has 1 aliphatic heterocycles. The number of nitrogens with zero attached hydrogens (tertiary/aromatic N) is 2. The summed E-state index contributed by atoms with van der Waals surface area (Å²) in [6.45, 7) is 5.99. The molecule has 1 amide bonds. The third kappa shape index (κ3) is 3.23. The van der Waals surface area contributed by atoms with Crippen LogP contribution in [-0.2, 0) is 27.8 Å². The van der Waals surface area contributed by atoms with Gasteiger partial charge in [0.1, 0.15) is 5.82 Å². The van der Waals surface area contributed by atoms with Gasteiger partial charge in [0.2, 0.25) is 0 Å². The quantitative estimate of drug-likeness (QED) is 0.850. The number of halogens is 2. The van der Waals surface area contributed by atoms with Crippen molar-refractivity contribution in [3.63, 3.8) is 0 Å². The van der Waals surface area contributed by atoms with E-state index in [4.69, 9.17) is 23.2 Å². The number of fused-ring (bicyclic) bond motifs is 1. The molecule has 3 rings (SSSR count). The Bertz CT molecular complexity index is 856. The van der Waals surface area contributed by atoms with Crippen molar-refractivity contribution in [2.45, 2.75) is 37.8 Å². The average molecular weight is 386 g/mol. The second kappa shape index (κ2) is 6.17. The maximum atomic E-state index is 12.6. The lowest BCUT2D eigenvalue weighted by molar-refractivity contribution is 0.102. The molecule has 5 nitrogen and oxygen atoms in total. The fraction of sp³-hybridized carbons (Fsp3) is 0.375. The van der Waals surface area contributed by atoms with Crippen LogP contribution in [0.4, 0.5) is 5.82 Å². The van der Waals surface area contributed by atoms with E-state index in [1.807, 2.05) is 20.8 Å². The molecule has 1 aromatic carbocycles. The van der Waals surface area contributed by atoms with E-state index in [0.29, 0.717) is 27.9 Å². The number of benzene rings is 1. The number of carbonyl (C=O) groups is 1. The van der Waals surface area contributed by atoms with Gasteiger partial charge in [0.05, 0.1) is 33.3 Å². The Morgan fingerprint density at radius 2 is 2.00 bits per heavy atom. The zero-order valence-electron chi connectivity index (χ0n) is 13.5. The normalized spacial score (nSPS) is 17.0. The second-order valence-corrected chi connectivity index (χ2v) is 8.96. The molecular formula is C16H17Cl2N3O2S.